The highest BCUT2D eigenvalue weighted by molar-refractivity contribution is 7.92. The van der Waals surface area contributed by atoms with Gasteiger partial charge in [-0.1, -0.05) is 18.5 Å². The number of aliphatic hydroxyl groups excluding tert-OH is 1. The van der Waals surface area contributed by atoms with E-state index >= 15 is 0 Å². The molecule has 0 unspecified atom stereocenters. The lowest BCUT2D eigenvalue weighted by atomic mass is 10.0. The molecule has 0 aliphatic carbocycles. The highest BCUT2D eigenvalue weighted by Crippen LogP contribution is 2.31. The first kappa shape index (κ1) is 30.0. The van der Waals surface area contributed by atoms with Gasteiger partial charge in [0.15, 0.2) is 5.65 Å². The standard InChI is InChI=1S/C27H38ClN7O4S/c1-4-24(23-15-25-30-26(18(2)16-35(25)31-23)33-12-10-20(29)17-33)34(11-6-5-7-13-36)27(37)21-14-19(28)8-9-22(21)32-40(3,38)39/h8-9,14-16,20,24,32,36H,4-7,10-13,17,29H2,1-3H3/t20-,24-/m0/s1. The number of anilines is 2. The zero-order valence-electron chi connectivity index (χ0n) is 23.2. The fourth-order valence-corrected chi connectivity index (χ4v) is 5.93. The Balaban J connectivity index is 1.72. The number of carbonyl (C=O) groups is 1. The molecule has 4 N–H and O–H groups in total. The largest absolute Gasteiger partial charge is 0.396 e. The number of carbonyl (C=O) groups excluding carboxylic acids is 1. The number of hydrogen-bond acceptors (Lipinski definition) is 8. The van der Waals surface area contributed by atoms with E-state index in [2.05, 4.69) is 9.62 Å². The topological polar surface area (TPSA) is 146 Å². The molecule has 2 aromatic heterocycles. The van der Waals surface area contributed by atoms with Gasteiger partial charge in [0.1, 0.15) is 5.82 Å². The summed E-state index contributed by atoms with van der Waals surface area (Å²) in [4.78, 5) is 22.9. The molecule has 1 fully saturated rings. The quantitative estimate of drug-likeness (QED) is 0.272. The molecule has 40 heavy (non-hydrogen) atoms. The summed E-state index contributed by atoms with van der Waals surface area (Å²) in [7, 11) is -3.64. The van der Waals surface area contributed by atoms with Gasteiger partial charge in [0.05, 0.1) is 29.2 Å². The maximum atomic E-state index is 14.1. The van der Waals surface area contributed by atoms with Crippen LogP contribution in [0.4, 0.5) is 11.5 Å². The Bertz CT molecular complexity index is 1460. The number of halogens is 1. The van der Waals surface area contributed by atoms with Crippen LogP contribution in [0.5, 0.6) is 0 Å². The molecule has 11 nitrogen and oxygen atoms in total. The smallest absolute Gasteiger partial charge is 0.256 e. The van der Waals surface area contributed by atoms with E-state index in [1.54, 1.807) is 9.42 Å². The number of unbranched alkanes of at least 4 members (excludes halogenated alkanes) is 2. The van der Waals surface area contributed by atoms with E-state index < -0.39 is 16.1 Å². The Morgan fingerprint density at radius 2 is 2.08 bits per heavy atom. The summed E-state index contributed by atoms with van der Waals surface area (Å²) in [5.74, 6) is 0.518. The van der Waals surface area contributed by atoms with E-state index in [4.69, 9.17) is 27.4 Å². The number of nitrogens with two attached hydrogens (primary N) is 1. The molecule has 218 valence electrons. The highest BCUT2D eigenvalue weighted by atomic mass is 35.5. The van der Waals surface area contributed by atoms with Crippen molar-refractivity contribution in [3.05, 3.63) is 52.3 Å². The molecule has 0 radical (unpaired) electrons. The average Bonchev–Trinajstić information content (AvgIpc) is 3.50. The van der Waals surface area contributed by atoms with Crippen LogP contribution < -0.4 is 15.4 Å². The van der Waals surface area contributed by atoms with Crippen LogP contribution in [-0.4, -0.2) is 77.5 Å². The molecule has 1 amide bonds. The summed E-state index contributed by atoms with van der Waals surface area (Å²) in [6, 6.07) is 6.13. The van der Waals surface area contributed by atoms with Crippen LogP contribution in [0.15, 0.2) is 30.5 Å². The first-order valence-corrected chi connectivity index (χ1v) is 15.8. The van der Waals surface area contributed by atoms with Gasteiger partial charge in [0.2, 0.25) is 10.0 Å². The minimum atomic E-state index is -3.64. The van der Waals surface area contributed by atoms with E-state index in [-0.39, 0.29) is 29.8 Å². The minimum absolute atomic E-state index is 0.0730. The van der Waals surface area contributed by atoms with Crippen LogP contribution in [-0.2, 0) is 10.0 Å². The molecular weight excluding hydrogens is 554 g/mol. The van der Waals surface area contributed by atoms with Gasteiger partial charge in [0, 0.05) is 55.1 Å². The Kier molecular flexibility index (Phi) is 9.55. The van der Waals surface area contributed by atoms with Gasteiger partial charge in [0.25, 0.3) is 5.91 Å². The first-order valence-electron chi connectivity index (χ1n) is 13.6. The Morgan fingerprint density at radius 3 is 2.73 bits per heavy atom. The molecule has 3 aromatic rings. The van der Waals surface area contributed by atoms with Gasteiger partial charge in [-0.15, -0.1) is 0 Å². The van der Waals surface area contributed by atoms with Crippen LogP contribution in [0.1, 0.15) is 66.7 Å². The number of hydrogen-bond donors (Lipinski definition) is 3. The molecule has 2 atom stereocenters. The number of sulfonamides is 1. The third kappa shape index (κ3) is 7.03. The van der Waals surface area contributed by atoms with Crippen molar-refractivity contribution in [3.63, 3.8) is 0 Å². The number of aryl methyl sites for hydroxylation is 1. The summed E-state index contributed by atoms with van der Waals surface area (Å²) in [6.07, 6.45) is 6.47. The van der Waals surface area contributed by atoms with Crippen molar-refractivity contribution >= 4 is 44.7 Å². The molecule has 1 saturated heterocycles. The Hall–Kier alpha value is -2.93. The number of nitrogens with one attached hydrogen (secondary N) is 1. The van der Waals surface area contributed by atoms with Crippen molar-refractivity contribution < 1.29 is 18.3 Å². The number of aliphatic hydroxyl groups is 1. The molecule has 1 aromatic carbocycles. The third-order valence-corrected chi connectivity index (χ3v) is 7.90. The fourth-order valence-electron chi connectivity index (χ4n) is 5.18. The van der Waals surface area contributed by atoms with Crippen LogP contribution in [0, 0.1) is 6.92 Å². The summed E-state index contributed by atoms with van der Waals surface area (Å²) in [6.45, 7) is 6.04. The predicted octanol–water partition coefficient (Wildman–Crippen LogP) is 3.36. The lowest BCUT2D eigenvalue weighted by molar-refractivity contribution is 0.0662. The SMILES string of the molecule is CC[C@@H](c1cc2nc(N3CC[C@H](N)C3)c(C)cn2n1)N(CCCCCO)C(=O)c1cc(Cl)ccc1NS(C)(=O)=O. The average molecular weight is 592 g/mol. The summed E-state index contributed by atoms with van der Waals surface area (Å²) in [5.41, 5.74) is 8.78. The molecule has 0 spiro atoms. The predicted molar refractivity (Wildman–Crippen MR) is 157 cm³/mol. The molecule has 0 bridgehead atoms. The van der Waals surface area contributed by atoms with Crippen molar-refractivity contribution in [3.8, 4) is 0 Å². The number of aromatic nitrogens is 3. The maximum Gasteiger partial charge on any atom is 0.256 e. The van der Waals surface area contributed by atoms with Gasteiger partial charge in [-0.05, 0) is 57.2 Å². The number of fused-ring (bicyclic) bond motifs is 1. The van der Waals surface area contributed by atoms with Crippen LogP contribution in [0.3, 0.4) is 0 Å². The second-order valence-electron chi connectivity index (χ2n) is 10.4. The number of benzene rings is 1. The highest BCUT2D eigenvalue weighted by Gasteiger charge is 2.30. The lowest BCUT2D eigenvalue weighted by Gasteiger charge is -2.31. The lowest BCUT2D eigenvalue weighted by Crippen LogP contribution is -2.36. The molecule has 3 heterocycles. The molecule has 0 saturated carbocycles. The van der Waals surface area contributed by atoms with E-state index in [1.807, 2.05) is 26.1 Å². The third-order valence-electron chi connectivity index (χ3n) is 7.08. The summed E-state index contributed by atoms with van der Waals surface area (Å²) >= 11 is 6.25. The monoisotopic (exact) mass is 591 g/mol. The van der Waals surface area contributed by atoms with Crippen molar-refractivity contribution in [1.29, 1.82) is 0 Å². The Morgan fingerprint density at radius 1 is 1.30 bits per heavy atom. The van der Waals surface area contributed by atoms with Gasteiger partial charge in [-0.2, -0.15) is 5.10 Å². The van der Waals surface area contributed by atoms with Crippen molar-refractivity contribution in [2.45, 2.75) is 58.0 Å². The number of rotatable bonds is 12. The molecular formula is C27H38ClN7O4S. The first-order chi connectivity index (χ1) is 19.0. The number of amides is 1. The van der Waals surface area contributed by atoms with Crippen LogP contribution in [0.2, 0.25) is 5.02 Å². The fraction of sp³-hybridized carbons (Fsp3) is 0.519. The molecule has 1 aliphatic heterocycles. The maximum absolute atomic E-state index is 14.1. The van der Waals surface area contributed by atoms with Gasteiger partial charge in [-0.3, -0.25) is 9.52 Å². The van der Waals surface area contributed by atoms with Crippen LogP contribution in [0.25, 0.3) is 5.65 Å². The molecule has 13 heteroatoms. The zero-order chi connectivity index (χ0) is 29.0. The minimum Gasteiger partial charge on any atom is -0.396 e. The van der Waals surface area contributed by atoms with Crippen molar-refractivity contribution in [2.75, 3.05) is 42.1 Å². The second kappa shape index (κ2) is 12.7. The summed E-state index contributed by atoms with van der Waals surface area (Å²) < 4.78 is 28.2. The molecule has 1 aliphatic rings. The van der Waals surface area contributed by atoms with Gasteiger partial charge in [-0.25, -0.2) is 17.9 Å². The van der Waals surface area contributed by atoms with E-state index in [0.29, 0.717) is 42.2 Å². The Labute approximate surface area is 240 Å². The van der Waals surface area contributed by atoms with Crippen molar-refractivity contribution in [2.24, 2.45) is 5.73 Å². The second-order valence-corrected chi connectivity index (χ2v) is 12.6. The number of nitrogens with zero attached hydrogens (tertiary/aromatic N) is 5. The molecule has 4 rings (SSSR count). The van der Waals surface area contributed by atoms with Gasteiger partial charge < -0.3 is 20.6 Å². The zero-order valence-corrected chi connectivity index (χ0v) is 24.7. The van der Waals surface area contributed by atoms with Crippen molar-refractivity contribution in [1.82, 2.24) is 19.5 Å². The van der Waals surface area contributed by atoms with Crippen LogP contribution >= 0.6 is 11.6 Å². The normalized spacial score (nSPS) is 16.4. The van der Waals surface area contributed by atoms with E-state index in [1.165, 1.54) is 18.2 Å². The van der Waals surface area contributed by atoms with Gasteiger partial charge >= 0.3 is 0 Å². The van der Waals surface area contributed by atoms with E-state index in [9.17, 15) is 18.3 Å². The summed E-state index contributed by atoms with van der Waals surface area (Å²) in [5, 5.41) is 14.4. The van der Waals surface area contributed by atoms with E-state index in [0.717, 1.165) is 43.6 Å².